The normalized spacial score (nSPS) is 29.4. The van der Waals surface area contributed by atoms with Gasteiger partial charge in [-0.25, -0.2) is 9.78 Å². The van der Waals surface area contributed by atoms with E-state index in [4.69, 9.17) is 9.78 Å². The minimum atomic E-state index is -0.388. The molecule has 0 aromatic rings. The van der Waals surface area contributed by atoms with Gasteiger partial charge in [0.2, 0.25) is 0 Å². The standard InChI is InChI=1S/C13H24O3/c1-5-6-7-15-16-12-11(14)8-10(2)9-13(12,3)4/h10,12H,5-9H2,1-4H3. The van der Waals surface area contributed by atoms with E-state index in [1.165, 1.54) is 0 Å². The lowest BCUT2D eigenvalue weighted by molar-refractivity contribution is -0.336. The zero-order valence-electron chi connectivity index (χ0n) is 10.9. The highest BCUT2D eigenvalue weighted by Gasteiger charge is 2.42. The van der Waals surface area contributed by atoms with Crippen molar-refractivity contribution in [1.29, 1.82) is 0 Å². The number of hydrogen-bond donors (Lipinski definition) is 0. The summed E-state index contributed by atoms with van der Waals surface area (Å²) >= 11 is 0. The molecule has 16 heavy (non-hydrogen) atoms. The van der Waals surface area contributed by atoms with Crippen molar-refractivity contribution < 1.29 is 14.6 Å². The fourth-order valence-corrected chi connectivity index (χ4v) is 2.47. The molecule has 0 aromatic carbocycles. The molecule has 0 amide bonds. The quantitative estimate of drug-likeness (QED) is 0.412. The van der Waals surface area contributed by atoms with Gasteiger partial charge in [0.05, 0.1) is 6.61 Å². The average molecular weight is 228 g/mol. The van der Waals surface area contributed by atoms with Gasteiger partial charge in [-0.1, -0.05) is 34.1 Å². The first-order valence-electron chi connectivity index (χ1n) is 6.28. The Labute approximate surface area is 98.4 Å². The number of carbonyl (C=O) groups is 1. The number of hydrogen-bond acceptors (Lipinski definition) is 3. The van der Waals surface area contributed by atoms with Crippen LogP contribution in [0.5, 0.6) is 0 Å². The monoisotopic (exact) mass is 228 g/mol. The number of unbranched alkanes of at least 4 members (excludes halogenated alkanes) is 1. The fourth-order valence-electron chi connectivity index (χ4n) is 2.47. The zero-order valence-corrected chi connectivity index (χ0v) is 10.9. The summed E-state index contributed by atoms with van der Waals surface area (Å²) in [6.45, 7) is 8.95. The third-order valence-corrected chi connectivity index (χ3v) is 3.17. The third-order valence-electron chi connectivity index (χ3n) is 3.17. The minimum absolute atomic E-state index is 0.110. The Hall–Kier alpha value is -0.410. The van der Waals surface area contributed by atoms with E-state index in [1.807, 2.05) is 0 Å². The van der Waals surface area contributed by atoms with Crippen LogP contribution in [-0.2, 0) is 14.6 Å². The second-order valence-corrected chi connectivity index (χ2v) is 5.62. The molecule has 1 rings (SSSR count). The molecule has 0 aliphatic heterocycles. The topological polar surface area (TPSA) is 35.5 Å². The smallest absolute Gasteiger partial charge is 0.165 e. The van der Waals surface area contributed by atoms with Crippen molar-refractivity contribution in [3.8, 4) is 0 Å². The summed E-state index contributed by atoms with van der Waals surface area (Å²) in [6, 6.07) is 0. The molecule has 3 nitrogen and oxygen atoms in total. The van der Waals surface area contributed by atoms with Gasteiger partial charge in [-0.05, 0) is 18.8 Å². The maximum Gasteiger partial charge on any atom is 0.165 e. The maximum atomic E-state index is 11.9. The highest BCUT2D eigenvalue weighted by atomic mass is 17.2. The molecule has 1 aliphatic carbocycles. The molecule has 0 radical (unpaired) electrons. The van der Waals surface area contributed by atoms with E-state index in [0.717, 1.165) is 19.3 Å². The van der Waals surface area contributed by atoms with Gasteiger partial charge < -0.3 is 0 Å². The molecule has 1 fully saturated rings. The SMILES string of the molecule is CCCCOOC1C(=O)CC(C)CC1(C)C. The Kier molecular flexibility index (Phi) is 4.93. The molecule has 1 aliphatic rings. The lowest BCUT2D eigenvalue weighted by Crippen LogP contribution is -2.44. The van der Waals surface area contributed by atoms with E-state index in [0.29, 0.717) is 18.9 Å². The van der Waals surface area contributed by atoms with Gasteiger partial charge in [-0.3, -0.25) is 4.79 Å². The Bertz CT molecular complexity index is 235. The van der Waals surface area contributed by atoms with Crippen LogP contribution < -0.4 is 0 Å². The molecule has 0 N–H and O–H groups in total. The van der Waals surface area contributed by atoms with Gasteiger partial charge in [0.15, 0.2) is 11.9 Å². The molecule has 0 bridgehead atoms. The van der Waals surface area contributed by atoms with Crippen LogP contribution in [0, 0.1) is 11.3 Å². The summed E-state index contributed by atoms with van der Waals surface area (Å²) < 4.78 is 0. The van der Waals surface area contributed by atoms with Crippen LogP contribution in [0.1, 0.15) is 53.4 Å². The van der Waals surface area contributed by atoms with Crippen molar-refractivity contribution in [3.63, 3.8) is 0 Å². The van der Waals surface area contributed by atoms with Gasteiger partial charge in [-0.2, -0.15) is 0 Å². The van der Waals surface area contributed by atoms with Gasteiger partial charge in [-0.15, -0.1) is 0 Å². The summed E-state index contributed by atoms with van der Waals surface area (Å²) in [7, 11) is 0. The molecule has 0 spiro atoms. The first-order chi connectivity index (χ1) is 7.47. The van der Waals surface area contributed by atoms with E-state index < -0.39 is 0 Å². The van der Waals surface area contributed by atoms with E-state index in [2.05, 4.69) is 27.7 Å². The van der Waals surface area contributed by atoms with Crippen LogP contribution in [0.3, 0.4) is 0 Å². The summed E-state index contributed by atoms with van der Waals surface area (Å²) in [6.07, 6.45) is 3.28. The van der Waals surface area contributed by atoms with Gasteiger partial charge in [0.25, 0.3) is 0 Å². The molecule has 2 unspecified atom stereocenters. The van der Waals surface area contributed by atoms with Crippen LogP contribution in [0.4, 0.5) is 0 Å². The number of rotatable bonds is 5. The molecule has 3 heteroatoms. The number of carbonyl (C=O) groups excluding carboxylic acids is 1. The molecule has 0 saturated heterocycles. The molecule has 2 atom stereocenters. The minimum Gasteiger partial charge on any atom is -0.297 e. The Morgan fingerprint density at radius 2 is 2.12 bits per heavy atom. The van der Waals surface area contributed by atoms with Crippen molar-refractivity contribution in [2.24, 2.45) is 11.3 Å². The highest BCUT2D eigenvalue weighted by Crippen LogP contribution is 2.38. The van der Waals surface area contributed by atoms with Crippen molar-refractivity contribution in [3.05, 3.63) is 0 Å². The van der Waals surface area contributed by atoms with Gasteiger partial charge >= 0.3 is 0 Å². The van der Waals surface area contributed by atoms with Crippen molar-refractivity contribution in [2.45, 2.75) is 59.5 Å². The summed E-state index contributed by atoms with van der Waals surface area (Å²) in [5.41, 5.74) is -0.110. The Morgan fingerprint density at radius 1 is 1.44 bits per heavy atom. The molecule has 0 heterocycles. The molecule has 1 saturated carbocycles. The Morgan fingerprint density at radius 3 is 2.69 bits per heavy atom. The van der Waals surface area contributed by atoms with Crippen LogP contribution in [-0.4, -0.2) is 18.5 Å². The van der Waals surface area contributed by atoms with Crippen LogP contribution in [0.25, 0.3) is 0 Å². The maximum absolute atomic E-state index is 11.9. The van der Waals surface area contributed by atoms with E-state index in [1.54, 1.807) is 0 Å². The van der Waals surface area contributed by atoms with E-state index in [-0.39, 0.29) is 17.3 Å². The van der Waals surface area contributed by atoms with Crippen molar-refractivity contribution >= 4 is 5.78 Å². The molecular weight excluding hydrogens is 204 g/mol. The first-order valence-corrected chi connectivity index (χ1v) is 6.28. The second-order valence-electron chi connectivity index (χ2n) is 5.62. The lowest BCUT2D eigenvalue weighted by atomic mass is 9.70. The second kappa shape index (κ2) is 5.78. The van der Waals surface area contributed by atoms with Crippen LogP contribution in [0.15, 0.2) is 0 Å². The van der Waals surface area contributed by atoms with Gasteiger partial charge in [0, 0.05) is 11.8 Å². The van der Waals surface area contributed by atoms with Crippen molar-refractivity contribution in [2.75, 3.05) is 6.61 Å². The predicted molar refractivity (Wildman–Crippen MR) is 62.9 cm³/mol. The molecular formula is C13H24O3. The Balaban J connectivity index is 2.46. The summed E-state index contributed by atoms with van der Waals surface area (Å²) in [5.74, 6) is 0.637. The van der Waals surface area contributed by atoms with Crippen molar-refractivity contribution in [1.82, 2.24) is 0 Å². The lowest BCUT2D eigenvalue weighted by Gasteiger charge is -2.38. The fraction of sp³-hybridized carbons (Fsp3) is 0.923. The molecule has 0 aromatic heterocycles. The van der Waals surface area contributed by atoms with Gasteiger partial charge in [0.1, 0.15) is 0 Å². The largest absolute Gasteiger partial charge is 0.297 e. The number of ketones is 1. The molecule has 94 valence electrons. The van der Waals surface area contributed by atoms with E-state index in [9.17, 15) is 4.79 Å². The average Bonchev–Trinajstić information content (AvgIpc) is 2.14. The first kappa shape index (κ1) is 13.7. The predicted octanol–water partition coefficient (Wildman–Crippen LogP) is 3.13. The van der Waals surface area contributed by atoms with Crippen LogP contribution >= 0.6 is 0 Å². The summed E-state index contributed by atoms with van der Waals surface area (Å²) in [5, 5.41) is 0. The van der Waals surface area contributed by atoms with Crippen LogP contribution in [0.2, 0.25) is 0 Å². The third kappa shape index (κ3) is 3.56. The summed E-state index contributed by atoms with van der Waals surface area (Å²) in [4.78, 5) is 22.3. The van der Waals surface area contributed by atoms with E-state index >= 15 is 0 Å². The highest BCUT2D eigenvalue weighted by molar-refractivity contribution is 5.84. The zero-order chi connectivity index (χ0) is 12.2. The number of Topliss-reactive ketones (excluding diaryl/α,β-unsaturated/α-hetero) is 1.